The Bertz CT molecular complexity index is 652. The second-order valence-corrected chi connectivity index (χ2v) is 5.82. The number of piperazine rings is 1. The van der Waals surface area contributed by atoms with Gasteiger partial charge in [0, 0.05) is 31.9 Å². The molecular formula is C19H23N3O2. The zero-order chi connectivity index (χ0) is 16.8. The molecule has 2 aromatic carbocycles. The quantitative estimate of drug-likeness (QED) is 0.885. The maximum absolute atomic E-state index is 13.0. The van der Waals surface area contributed by atoms with Gasteiger partial charge in [0.25, 0.3) is 0 Å². The van der Waals surface area contributed by atoms with Crippen LogP contribution in [0.1, 0.15) is 11.6 Å². The third-order valence-electron chi connectivity index (χ3n) is 4.24. The van der Waals surface area contributed by atoms with E-state index < -0.39 is 0 Å². The lowest BCUT2D eigenvalue weighted by molar-refractivity contribution is -0.121. The van der Waals surface area contributed by atoms with Crippen LogP contribution in [0.4, 0.5) is 5.69 Å². The number of hydrogen-bond acceptors (Lipinski definition) is 4. The fourth-order valence-corrected chi connectivity index (χ4v) is 2.99. The van der Waals surface area contributed by atoms with Crippen molar-refractivity contribution in [2.45, 2.75) is 6.04 Å². The fourth-order valence-electron chi connectivity index (χ4n) is 2.99. The lowest BCUT2D eigenvalue weighted by Crippen LogP contribution is -2.48. The first-order chi connectivity index (χ1) is 11.8. The SMILES string of the molecule is COc1ccc(NC(=O)C(c2ccccc2)N2CCNCC2)cc1. The Morgan fingerprint density at radius 1 is 1.08 bits per heavy atom. The van der Waals surface area contributed by atoms with E-state index in [-0.39, 0.29) is 11.9 Å². The molecule has 0 aliphatic carbocycles. The van der Waals surface area contributed by atoms with Gasteiger partial charge in [-0.2, -0.15) is 0 Å². The maximum atomic E-state index is 13.0. The van der Waals surface area contributed by atoms with Crippen molar-refractivity contribution in [3.63, 3.8) is 0 Å². The first-order valence-corrected chi connectivity index (χ1v) is 8.22. The third-order valence-corrected chi connectivity index (χ3v) is 4.24. The fraction of sp³-hybridized carbons (Fsp3) is 0.316. The molecule has 5 nitrogen and oxygen atoms in total. The molecule has 5 heteroatoms. The van der Waals surface area contributed by atoms with Crippen molar-refractivity contribution in [2.75, 3.05) is 38.6 Å². The minimum Gasteiger partial charge on any atom is -0.497 e. The van der Waals surface area contributed by atoms with Crippen LogP contribution < -0.4 is 15.4 Å². The number of carbonyl (C=O) groups excluding carboxylic acids is 1. The molecule has 3 rings (SSSR count). The number of rotatable bonds is 5. The van der Waals surface area contributed by atoms with Crippen molar-refractivity contribution in [1.29, 1.82) is 0 Å². The van der Waals surface area contributed by atoms with Gasteiger partial charge in [-0.05, 0) is 29.8 Å². The monoisotopic (exact) mass is 325 g/mol. The molecule has 1 unspecified atom stereocenters. The molecule has 0 aromatic heterocycles. The molecule has 2 aromatic rings. The number of nitrogens with zero attached hydrogens (tertiary/aromatic N) is 1. The van der Waals surface area contributed by atoms with E-state index in [2.05, 4.69) is 15.5 Å². The standard InChI is InChI=1S/C19H23N3O2/c1-24-17-9-7-16(8-10-17)21-19(23)18(15-5-3-2-4-6-15)22-13-11-20-12-14-22/h2-10,18,20H,11-14H2,1H3,(H,21,23). The van der Waals surface area contributed by atoms with E-state index in [0.29, 0.717) is 0 Å². The Labute approximate surface area is 142 Å². The summed E-state index contributed by atoms with van der Waals surface area (Å²) < 4.78 is 5.16. The summed E-state index contributed by atoms with van der Waals surface area (Å²) in [5.74, 6) is 0.767. The van der Waals surface area contributed by atoms with Crippen LogP contribution >= 0.6 is 0 Å². The highest BCUT2D eigenvalue weighted by molar-refractivity contribution is 5.95. The molecule has 0 saturated carbocycles. The van der Waals surface area contributed by atoms with Crippen LogP contribution in [0.3, 0.4) is 0 Å². The summed E-state index contributed by atoms with van der Waals surface area (Å²) >= 11 is 0. The number of carbonyl (C=O) groups is 1. The van der Waals surface area contributed by atoms with Crippen molar-refractivity contribution >= 4 is 11.6 Å². The zero-order valence-corrected chi connectivity index (χ0v) is 13.9. The van der Waals surface area contributed by atoms with Crippen molar-refractivity contribution in [3.8, 4) is 5.75 Å². The topological polar surface area (TPSA) is 53.6 Å². The van der Waals surface area contributed by atoms with E-state index >= 15 is 0 Å². The van der Waals surface area contributed by atoms with Crippen molar-refractivity contribution in [1.82, 2.24) is 10.2 Å². The van der Waals surface area contributed by atoms with Gasteiger partial charge in [0.15, 0.2) is 0 Å². The highest BCUT2D eigenvalue weighted by Gasteiger charge is 2.28. The largest absolute Gasteiger partial charge is 0.497 e. The van der Waals surface area contributed by atoms with Gasteiger partial charge in [0.2, 0.25) is 5.91 Å². The van der Waals surface area contributed by atoms with Crippen molar-refractivity contribution in [3.05, 3.63) is 60.2 Å². The third kappa shape index (κ3) is 3.93. The van der Waals surface area contributed by atoms with Crippen LogP contribution in [0.15, 0.2) is 54.6 Å². The summed E-state index contributed by atoms with van der Waals surface area (Å²) in [6.07, 6.45) is 0. The molecule has 1 saturated heterocycles. The second-order valence-electron chi connectivity index (χ2n) is 5.82. The number of anilines is 1. The molecule has 1 aliphatic rings. The Kier molecular flexibility index (Phi) is 5.46. The number of hydrogen-bond donors (Lipinski definition) is 2. The first kappa shape index (κ1) is 16.5. The molecule has 1 atom stereocenters. The van der Waals surface area contributed by atoms with Crippen molar-refractivity contribution in [2.24, 2.45) is 0 Å². The van der Waals surface area contributed by atoms with Crippen molar-refractivity contribution < 1.29 is 9.53 Å². The highest BCUT2D eigenvalue weighted by atomic mass is 16.5. The Balaban J connectivity index is 1.79. The Morgan fingerprint density at radius 3 is 2.38 bits per heavy atom. The maximum Gasteiger partial charge on any atom is 0.246 e. The first-order valence-electron chi connectivity index (χ1n) is 8.22. The smallest absolute Gasteiger partial charge is 0.246 e. The Morgan fingerprint density at radius 2 is 1.75 bits per heavy atom. The molecule has 0 spiro atoms. The summed E-state index contributed by atoms with van der Waals surface area (Å²) in [6.45, 7) is 3.52. The molecule has 0 bridgehead atoms. The average molecular weight is 325 g/mol. The minimum atomic E-state index is -0.282. The molecule has 0 radical (unpaired) electrons. The van der Waals surface area contributed by atoms with Gasteiger partial charge in [0.1, 0.15) is 11.8 Å². The van der Waals surface area contributed by atoms with Crippen LogP contribution in [-0.2, 0) is 4.79 Å². The van der Waals surface area contributed by atoms with E-state index in [9.17, 15) is 4.79 Å². The van der Waals surface area contributed by atoms with Gasteiger partial charge in [0.05, 0.1) is 7.11 Å². The summed E-state index contributed by atoms with van der Waals surface area (Å²) in [7, 11) is 1.63. The molecule has 1 fully saturated rings. The van der Waals surface area contributed by atoms with Gasteiger partial charge < -0.3 is 15.4 Å². The molecule has 126 valence electrons. The second kappa shape index (κ2) is 7.95. The molecule has 1 heterocycles. The number of amides is 1. The van der Waals surface area contributed by atoms with E-state index in [0.717, 1.165) is 43.2 Å². The van der Waals surface area contributed by atoms with E-state index in [1.54, 1.807) is 7.11 Å². The van der Waals surface area contributed by atoms with Crippen LogP contribution in [-0.4, -0.2) is 44.1 Å². The Hall–Kier alpha value is -2.37. The zero-order valence-electron chi connectivity index (χ0n) is 13.9. The van der Waals surface area contributed by atoms with Crippen LogP contribution in [0.5, 0.6) is 5.75 Å². The van der Waals surface area contributed by atoms with E-state index in [4.69, 9.17) is 4.74 Å². The van der Waals surface area contributed by atoms with Gasteiger partial charge in [-0.25, -0.2) is 0 Å². The van der Waals surface area contributed by atoms with E-state index in [1.165, 1.54) is 0 Å². The average Bonchev–Trinajstić information content (AvgIpc) is 2.64. The minimum absolute atomic E-state index is 0.00623. The predicted octanol–water partition coefficient (Wildman–Crippen LogP) is 2.28. The van der Waals surface area contributed by atoms with Crippen LogP contribution in [0, 0.1) is 0 Å². The summed E-state index contributed by atoms with van der Waals surface area (Å²) in [6, 6.07) is 17.1. The molecular weight excluding hydrogens is 302 g/mol. The van der Waals surface area contributed by atoms with Gasteiger partial charge in [-0.1, -0.05) is 30.3 Å². The van der Waals surface area contributed by atoms with Gasteiger partial charge in [-0.15, -0.1) is 0 Å². The van der Waals surface area contributed by atoms with Crippen LogP contribution in [0.25, 0.3) is 0 Å². The number of benzene rings is 2. The normalized spacial score (nSPS) is 16.4. The summed E-state index contributed by atoms with van der Waals surface area (Å²) in [5, 5.41) is 6.37. The summed E-state index contributed by atoms with van der Waals surface area (Å²) in [5.41, 5.74) is 1.79. The number of methoxy groups -OCH3 is 1. The summed E-state index contributed by atoms with van der Waals surface area (Å²) in [4.78, 5) is 15.2. The number of nitrogens with one attached hydrogen (secondary N) is 2. The number of ether oxygens (including phenoxy) is 1. The highest BCUT2D eigenvalue weighted by Crippen LogP contribution is 2.24. The molecule has 1 amide bonds. The van der Waals surface area contributed by atoms with Gasteiger partial charge in [-0.3, -0.25) is 9.69 Å². The molecule has 2 N–H and O–H groups in total. The molecule has 24 heavy (non-hydrogen) atoms. The van der Waals surface area contributed by atoms with Crippen LogP contribution in [0.2, 0.25) is 0 Å². The molecule has 1 aliphatic heterocycles. The lowest BCUT2D eigenvalue weighted by atomic mass is 10.0. The predicted molar refractivity (Wildman–Crippen MR) is 95.2 cm³/mol. The van der Waals surface area contributed by atoms with Gasteiger partial charge >= 0.3 is 0 Å². The lowest BCUT2D eigenvalue weighted by Gasteiger charge is -2.34. The van der Waals surface area contributed by atoms with E-state index in [1.807, 2.05) is 54.6 Å².